The molecule has 2 aromatic carbocycles. The van der Waals surface area contributed by atoms with E-state index in [1.54, 1.807) is 17.0 Å². The number of rotatable bonds is 4. The molecule has 0 aliphatic carbocycles. The van der Waals surface area contributed by atoms with E-state index in [9.17, 15) is 9.59 Å². The first-order valence-corrected chi connectivity index (χ1v) is 8.19. The van der Waals surface area contributed by atoms with Crippen molar-refractivity contribution in [2.75, 3.05) is 11.4 Å². The van der Waals surface area contributed by atoms with E-state index in [-0.39, 0.29) is 24.9 Å². The van der Waals surface area contributed by atoms with E-state index >= 15 is 0 Å². The summed E-state index contributed by atoms with van der Waals surface area (Å²) in [5, 5.41) is 0.639. The van der Waals surface area contributed by atoms with Gasteiger partial charge in [-0.25, -0.2) is 0 Å². The summed E-state index contributed by atoms with van der Waals surface area (Å²) in [4.78, 5) is 26.1. The average molecular weight is 344 g/mol. The molecule has 124 valence electrons. The summed E-state index contributed by atoms with van der Waals surface area (Å²) in [5.41, 5.74) is 2.82. The molecule has 1 atom stereocenters. The van der Waals surface area contributed by atoms with Crippen LogP contribution in [0.15, 0.2) is 48.5 Å². The van der Waals surface area contributed by atoms with E-state index in [1.165, 1.54) is 0 Å². The molecule has 0 unspecified atom stereocenters. The number of nitrogens with zero attached hydrogens (tertiary/aromatic N) is 1. The van der Waals surface area contributed by atoms with Gasteiger partial charge in [0.1, 0.15) is 6.61 Å². The van der Waals surface area contributed by atoms with Crippen molar-refractivity contribution in [2.45, 2.75) is 20.0 Å². The summed E-state index contributed by atoms with van der Waals surface area (Å²) in [6.07, 6.45) is 0.188. The number of halogens is 1. The van der Waals surface area contributed by atoms with Gasteiger partial charge in [0.25, 0.3) is 0 Å². The first kappa shape index (κ1) is 16.5. The molecular weight excluding hydrogens is 326 g/mol. The molecule has 1 saturated heterocycles. The topological polar surface area (TPSA) is 46.6 Å². The molecule has 1 aliphatic heterocycles. The van der Waals surface area contributed by atoms with Gasteiger partial charge in [-0.2, -0.15) is 0 Å². The van der Waals surface area contributed by atoms with Gasteiger partial charge in [0.15, 0.2) is 0 Å². The number of hydrogen-bond donors (Lipinski definition) is 0. The van der Waals surface area contributed by atoms with Crippen LogP contribution in [0.3, 0.4) is 0 Å². The summed E-state index contributed by atoms with van der Waals surface area (Å²) in [7, 11) is 0. The zero-order valence-electron chi connectivity index (χ0n) is 13.4. The molecule has 0 spiro atoms. The Morgan fingerprint density at radius 1 is 1.17 bits per heavy atom. The summed E-state index contributed by atoms with van der Waals surface area (Å²) in [6, 6.07) is 14.8. The van der Waals surface area contributed by atoms with Crippen LogP contribution in [0.1, 0.15) is 17.5 Å². The lowest BCUT2D eigenvalue weighted by Gasteiger charge is -2.16. The predicted octanol–water partition coefficient (Wildman–Crippen LogP) is 3.74. The number of hydrogen-bond acceptors (Lipinski definition) is 3. The SMILES string of the molecule is Cc1ccc(N2C[C@@H](C(=O)OCc3ccc(Cl)cc3)CC2=O)cc1. The third kappa shape index (κ3) is 3.77. The molecule has 0 aromatic heterocycles. The Bertz CT molecular complexity index is 740. The van der Waals surface area contributed by atoms with Gasteiger partial charge in [-0.05, 0) is 36.8 Å². The minimum atomic E-state index is -0.425. The Morgan fingerprint density at radius 2 is 1.83 bits per heavy atom. The van der Waals surface area contributed by atoms with E-state index in [2.05, 4.69) is 0 Å². The van der Waals surface area contributed by atoms with Crippen LogP contribution >= 0.6 is 11.6 Å². The smallest absolute Gasteiger partial charge is 0.311 e. The van der Waals surface area contributed by atoms with Crippen LogP contribution in [0.5, 0.6) is 0 Å². The molecule has 0 bridgehead atoms. The van der Waals surface area contributed by atoms with Crippen LogP contribution in [-0.2, 0) is 20.9 Å². The van der Waals surface area contributed by atoms with Crippen LogP contribution in [0.2, 0.25) is 5.02 Å². The Hall–Kier alpha value is -2.33. The Labute approximate surface area is 146 Å². The second-order valence-electron chi connectivity index (χ2n) is 5.98. The van der Waals surface area contributed by atoms with E-state index in [0.29, 0.717) is 11.6 Å². The van der Waals surface area contributed by atoms with Gasteiger partial charge in [-0.1, -0.05) is 41.4 Å². The minimum absolute atomic E-state index is 0.0488. The van der Waals surface area contributed by atoms with Crippen molar-refractivity contribution in [3.05, 3.63) is 64.7 Å². The zero-order valence-corrected chi connectivity index (χ0v) is 14.1. The summed E-state index contributed by atoms with van der Waals surface area (Å²) in [6.45, 7) is 2.54. The van der Waals surface area contributed by atoms with E-state index in [4.69, 9.17) is 16.3 Å². The number of carbonyl (C=O) groups is 2. The quantitative estimate of drug-likeness (QED) is 0.794. The molecule has 1 aliphatic rings. The van der Waals surface area contributed by atoms with Gasteiger partial charge in [0.05, 0.1) is 5.92 Å². The van der Waals surface area contributed by atoms with Crippen molar-refractivity contribution in [1.29, 1.82) is 0 Å². The maximum atomic E-state index is 12.2. The van der Waals surface area contributed by atoms with Crippen LogP contribution in [0.25, 0.3) is 0 Å². The van der Waals surface area contributed by atoms with Crippen molar-refractivity contribution in [3.63, 3.8) is 0 Å². The lowest BCUT2D eigenvalue weighted by atomic mass is 10.1. The minimum Gasteiger partial charge on any atom is -0.461 e. The van der Waals surface area contributed by atoms with Crippen LogP contribution in [-0.4, -0.2) is 18.4 Å². The molecule has 1 amide bonds. The number of amides is 1. The van der Waals surface area contributed by atoms with E-state index in [1.807, 2.05) is 43.3 Å². The number of carbonyl (C=O) groups excluding carboxylic acids is 2. The molecule has 1 fully saturated rings. The second-order valence-corrected chi connectivity index (χ2v) is 6.41. The van der Waals surface area contributed by atoms with Crippen molar-refractivity contribution in [1.82, 2.24) is 0 Å². The maximum Gasteiger partial charge on any atom is 0.311 e. The molecular formula is C19H18ClNO3. The van der Waals surface area contributed by atoms with Gasteiger partial charge in [0.2, 0.25) is 5.91 Å². The Morgan fingerprint density at radius 3 is 2.50 bits per heavy atom. The highest BCUT2D eigenvalue weighted by atomic mass is 35.5. The van der Waals surface area contributed by atoms with Crippen molar-refractivity contribution in [3.8, 4) is 0 Å². The zero-order chi connectivity index (χ0) is 17.1. The molecule has 3 rings (SSSR count). The fourth-order valence-corrected chi connectivity index (χ4v) is 2.82. The number of benzene rings is 2. The molecule has 5 heteroatoms. The van der Waals surface area contributed by atoms with E-state index in [0.717, 1.165) is 16.8 Å². The highest BCUT2D eigenvalue weighted by molar-refractivity contribution is 6.30. The van der Waals surface area contributed by atoms with E-state index < -0.39 is 5.92 Å². The third-order valence-corrected chi connectivity index (χ3v) is 4.35. The largest absolute Gasteiger partial charge is 0.461 e. The normalized spacial score (nSPS) is 17.2. The van der Waals surface area contributed by atoms with Gasteiger partial charge >= 0.3 is 5.97 Å². The third-order valence-electron chi connectivity index (χ3n) is 4.10. The maximum absolute atomic E-state index is 12.2. The van der Waals surface area contributed by atoms with Gasteiger partial charge in [-0.15, -0.1) is 0 Å². The fraction of sp³-hybridized carbons (Fsp3) is 0.263. The lowest BCUT2D eigenvalue weighted by molar-refractivity contribution is -0.149. The molecule has 1 heterocycles. The first-order chi connectivity index (χ1) is 11.5. The van der Waals surface area contributed by atoms with Gasteiger partial charge in [-0.3, -0.25) is 9.59 Å². The highest BCUT2D eigenvalue weighted by Gasteiger charge is 2.36. The van der Waals surface area contributed by atoms with Gasteiger partial charge in [0, 0.05) is 23.7 Å². The first-order valence-electron chi connectivity index (χ1n) is 7.81. The number of ether oxygens (including phenoxy) is 1. The molecule has 2 aromatic rings. The van der Waals surface area contributed by atoms with Gasteiger partial charge < -0.3 is 9.64 Å². The average Bonchev–Trinajstić information content (AvgIpc) is 2.97. The lowest BCUT2D eigenvalue weighted by Crippen LogP contribution is -2.26. The summed E-state index contributed by atoms with van der Waals surface area (Å²) in [5.74, 6) is -0.814. The second kappa shape index (κ2) is 7.05. The predicted molar refractivity (Wildman–Crippen MR) is 92.9 cm³/mol. The van der Waals surface area contributed by atoms with Crippen LogP contribution in [0.4, 0.5) is 5.69 Å². The van der Waals surface area contributed by atoms with Crippen LogP contribution < -0.4 is 4.90 Å². The highest BCUT2D eigenvalue weighted by Crippen LogP contribution is 2.26. The molecule has 0 N–H and O–H groups in total. The molecule has 0 saturated carbocycles. The van der Waals surface area contributed by atoms with Crippen molar-refractivity contribution >= 4 is 29.2 Å². The molecule has 0 radical (unpaired) electrons. The molecule has 4 nitrogen and oxygen atoms in total. The number of aryl methyl sites for hydroxylation is 1. The molecule has 24 heavy (non-hydrogen) atoms. The van der Waals surface area contributed by atoms with Crippen molar-refractivity contribution in [2.24, 2.45) is 5.92 Å². The summed E-state index contributed by atoms with van der Waals surface area (Å²) >= 11 is 5.83. The Balaban J connectivity index is 1.59. The van der Waals surface area contributed by atoms with Crippen LogP contribution in [0, 0.1) is 12.8 Å². The standard InChI is InChI=1S/C19H18ClNO3/c1-13-2-8-17(9-3-13)21-11-15(10-18(21)22)19(23)24-12-14-4-6-16(20)7-5-14/h2-9,15H,10-12H2,1H3/t15-/m0/s1. The van der Waals surface area contributed by atoms with Crippen molar-refractivity contribution < 1.29 is 14.3 Å². The number of anilines is 1. The fourth-order valence-electron chi connectivity index (χ4n) is 2.69. The Kier molecular flexibility index (Phi) is 4.86. The monoisotopic (exact) mass is 343 g/mol. The number of esters is 1. The summed E-state index contributed by atoms with van der Waals surface area (Å²) < 4.78 is 5.34.